The number of anilines is 1. The first-order valence-electron chi connectivity index (χ1n) is 16.8. The Morgan fingerprint density at radius 1 is 0.860 bits per heavy atom. The molecule has 3 aromatic rings. The number of esters is 1. The molecule has 263 valence electrons. The normalized spacial score (nSPS) is 18.0. The number of amides is 3. The van der Waals surface area contributed by atoms with E-state index in [0.717, 1.165) is 27.8 Å². The number of fused-ring (bicyclic) bond motifs is 3. The first kappa shape index (κ1) is 36.5. The van der Waals surface area contributed by atoms with Crippen LogP contribution >= 0.6 is 0 Å². The number of benzene rings is 3. The molecule has 0 saturated carbocycles. The summed E-state index contributed by atoms with van der Waals surface area (Å²) in [4.78, 5) is 51.3. The Morgan fingerprint density at radius 3 is 2.18 bits per heavy atom. The summed E-state index contributed by atoms with van der Waals surface area (Å²) in [6, 6.07) is 19.4. The Hall–Kier alpha value is -4.74. The zero-order valence-electron chi connectivity index (χ0n) is 28.7. The van der Waals surface area contributed by atoms with Gasteiger partial charge in [-0.15, -0.1) is 0 Å². The number of carbonyl (C=O) groups excluding carboxylic acids is 4. The van der Waals surface area contributed by atoms with Crippen molar-refractivity contribution in [1.82, 2.24) is 10.6 Å². The third-order valence-electron chi connectivity index (χ3n) is 9.03. The molecule has 2 aliphatic rings. The summed E-state index contributed by atoms with van der Waals surface area (Å²) in [6.45, 7) is 5.07. The lowest BCUT2D eigenvalue weighted by molar-refractivity contribution is -0.155. The first-order valence-corrected chi connectivity index (χ1v) is 16.8. The maximum Gasteiger partial charge on any atom is 0.407 e. The lowest BCUT2D eigenvalue weighted by atomic mass is 9.96. The minimum Gasteiger partial charge on any atom is -0.467 e. The summed E-state index contributed by atoms with van der Waals surface area (Å²) in [5, 5.41) is 18.1. The maximum atomic E-state index is 13.3. The Balaban J connectivity index is 1.14. The molecule has 0 bridgehead atoms. The van der Waals surface area contributed by atoms with Crippen LogP contribution in [0.5, 0.6) is 0 Å². The van der Waals surface area contributed by atoms with Crippen LogP contribution in [0.3, 0.4) is 0 Å². The summed E-state index contributed by atoms with van der Waals surface area (Å²) in [6.07, 6.45) is 4.45. The molecule has 11 nitrogen and oxygen atoms in total. The van der Waals surface area contributed by atoms with E-state index in [4.69, 9.17) is 14.2 Å². The van der Waals surface area contributed by atoms with E-state index in [-0.39, 0.29) is 31.2 Å². The monoisotopic (exact) mass is 682 g/mol. The van der Waals surface area contributed by atoms with E-state index >= 15 is 0 Å². The molecule has 1 saturated heterocycles. The van der Waals surface area contributed by atoms with Gasteiger partial charge < -0.3 is 35.3 Å². The van der Waals surface area contributed by atoms with Gasteiger partial charge in [-0.2, -0.15) is 0 Å². The van der Waals surface area contributed by atoms with Gasteiger partial charge in [0, 0.05) is 18.0 Å². The van der Waals surface area contributed by atoms with Gasteiger partial charge in [-0.05, 0) is 84.0 Å². The highest BCUT2D eigenvalue weighted by atomic mass is 16.6. The van der Waals surface area contributed by atoms with E-state index in [1.807, 2.05) is 42.8 Å². The zero-order valence-corrected chi connectivity index (χ0v) is 28.7. The molecule has 1 aliphatic heterocycles. The molecule has 11 heteroatoms. The SMILES string of the molecule is COC(=O)[C@@H]1[CH][CH][CH][C@@H](CCc2cc(NC(=O)[C@H](C)NC(=O)[C@@H](NC(=O)OCC3c4ccccc4-c4ccccc43)C(C)C)ccc2CO)O1. The fraction of sp³-hybridized carbons (Fsp3) is 0.359. The molecule has 3 aromatic carbocycles. The standard InChI is InChI=1S/C39H44N3O8/c1-23(2)35(42-39(47)49-22-33-31-13-7-5-11-29(31)30-12-6-8-14-32(30)33)37(45)40-24(3)36(44)41-27-18-16-26(21-43)25(20-27)17-19-28-10-9-15-34(50-28)38(46)48-4/h5-16,18,20,23-24,28,33-35,43H,17,19,21-22H2,1-4H3,(H,40,45)(H,41,44)(H,42,47)/t24-,28-,34-,35-/m0/s1. The number of ether oxygens (including phenoxy) is 3. The molecule has 0 aromatic heterocycles. The Labute approximate surface area is 293 Å². The van der Waals surface area contributed by atoms with Crippen molar-refractivity contribution < 1.29 is 38.5 Å². The zero-order chi connectivity index (χ0) is 35.8. The van der Waals surface area contributed by atoms with Gasteiger partial charge in [-0.25, -0.2) is 9.59 Å². The van der Waals surface area contributed by atoms with Crippen LogP contribution in [-0.2, 0) is 41.6 Å². The van der Waals surface area contributed by atoms with Crippen LogP contribution in [0.15, 0.2) is 66.7 Å². The van der Waals surface area contributed by atoms with Crippen molar-refractivity contribution >= 4 is 29.6 Å². The number of carbonyl (C=O) groups is 4. The second kappa shape index (κ2) is 16.8. The van der Waals surface area contributed by atoms with E-state index in [0.29, 0.717) is 24.1 Å². The first-order chi connectivity index (χ1) is 24.1. The number of methoxy groups -OCH3 is 1. The van der Waals surface area contributed by atoms with Crippen LogP contribution in [-0.4, -0.2) is 67.0 Å². The minimum atomic E-state index is -0.941. The number of hydrogen-bond acceptors (Lipinski definition) is 8. The van der Waals surface area contributed by atoms with Crippen molar-refractivity contribution in [3.8, 4) is 11.1 Å². The molecular weight excluding hydrogens is 638 g/mol. The van der Waals surface area contributed by atoms with Crippen LogP contribution in [0.4, 0.5) is 10.5 Å². The van der Waals surface area contributed by atoms with Gasteiger partial charge in [0.1, 0.15) is 18.7 Å². The molecule has 3 amide bonds. The third-order valence-corrected chi connectivity index (χ3v) is 9.03. The molecule has 1 fully saturated rings. The van der Waals surface area contributed by atoms with Crippen LogP contribution < -0.4 is 16.0 Å². The molecule has 0 unspecified atom stereocenters. The number of aliphatic hydroxyl groups excluding tert-OH is 1. The number of aliphatic hydroxyl groups is 1. The second-order valence-electron chi connectivity index (χ2n) is 12.8. The van der Waals surface area contributed by atoms with Gasteiger partial charge in [0.05, 0.1) is 19.8 Å². The van der Waals surface area contributed by atoms with E-state index in [1.165, 1.54) is 7.11 Å². The summed E-state index contributed by atoms with van der Waals surface area (Å²) < 4.78 is 16.2. The van der Waals surface area contributed by atoms with E-state index < -0.39 is 42.1 Å². The largest absolute Gasteiger partial charge is 0.467 e. The molecule has 4 N–H and O–H groups in total. The predicted octanol–water partition coefficient (Wildman–Crippen LogP) is 4.67. The van der Waals surface area contributed by atoms with Crippen molar-refractivity contribution in [3.63, 3.8) is 0 Å². The quantitative estimate of drug-likeness (QED) is 0.190. The van der Waals surface area contributed by atoms with Crippen LogP contribution in [0, 0.1) is 25.2 Å². The van der Waals surface area contributed by atoms with Gasteiger partial charge >= 0.3 is 12.1 Å². The molecule has 1 aliphatic carbocycles. The maximum absolute atomic E-state index is 13.3. The highest BCUT2D eigenvalue weighted by Crippen LogP contribution is 2.44. The summed E-state index contributed by atoms with van der Waals surface area (Å²) in [5.41, 5.74) is 6.38. The van der Waals surface area contributed by atoms with Crippen LogP contribution in [0.25, 0.3) is 11.1 Å². The van der Waals surface area contributed by atoms with Crippen molar-refractivity contribution in [2.75, 3.05) is 19.0 Å². The lowest BCUT2D eigenvalue weighted by Crippen LogP contribution is -2.53. The van der Waals surface area contributed by atoms with E-state index in [2.05, 4.69) is 28.1 Å². The predicted molar refractivity (Wildman–Crippen MR) is 187 cm³/mol. The molecule has 5 rings (SSSR count). The third kappa shape index (κ3) is 8.70. The molecule has 0 spiro atoms. The number of hydrogen-bond donors (Lipinski definition) is 4. The fourth-order valence-electron chi connectivity index (χ4n) is 6.29. The van der Waals surface area contributed by atoms with Crippen LogP contribution in [0.2, 0.25) is 0 Å². The van der Waals surface area contributed by atoms with Crippen molar-refractivity contribution in [2.24, 2.45) is 5.92 Å². The summed E-state index contributed by atoms with van der Waals surface area (Å²) in [5.74, 6) is -1.86. The van der Waals surface area contributed by atoms with Gasteiger partial charge in [0.25, 0.3) is 0 Å². The van der Waals surface area contributed by atoms with Gasteiger partial charge in [-0.1, -0.05) is 68.4 Å². The van der Waals surface area contributed by atoms with E-state index in [1.54, 1.807) is 51.8 Å². The molecular formula is C39H44N3O8. The minimum absolute atomic E-state index is 0.110. The number of rotatable bonds is 13. The highest BCUT2D eigenvalue weighted by molar-refractivity contribution is 5.98. The topological polar surface area (TPSA) is 152 Å². The van der Waals surface area contributed by atoms with Gasteiger partial charge in [0.2, 0.25) is 11.8 Å². The Kier molecular flexibility index (Phi) is 12.3. The smallest absolute Gasteiger partial charge is 0.407 e. The Morgan fingerprint density at radius 2 is 1.54 bits per heavy atom. The van der Waals surface area contributed by atoms with Crippen molar-refractivity contribution in [2.45, 2.75) is 70.4 Å². The van der Waals surface area contributed by atoms with Crippen LogP contribution in [0.1, 0.15) is 55.4 Å². The number of aryl methyl sites for hydroxylation is 1. The van der Waals surface area contributed by atoms with Crippen molar-refractivity contribution in [1.29, 1.82) is 0 Å². The molecule has 3 radical (unpaired) electrons. The summed E-state index contributed by atoms with van der Waals surface area (Å²) >= 11 is 0. The van der Waals surface area contributed by atoms with Crippen molar-refractivity contribution in [3.05, 3.63) is 108 Å². The van der Waals surface area contributed by atoms with E-state index in [9.17, 15) is 24.3 Å². The second-order valence-corrected chi connectivity index (χ2v) is 12.8. The molecule has 1 heterocycles. The highest BCUT2D eigenvalue weighted by Gasteiger charge is 2.32. The van der Waals surface area contributed by atoms with Gasteiger partial charge in [0.15, 0.2) is 6.10 Å². The lowest BCUT2D eigenvalue weighted by Gasteiger charge is -2.28. The average molecular weight is 683 g/mol. The number of alkyl carbamates (subject to hydrolysis) is 1. The average Bonchev–Trinajstić information content (AvgIpc) is 3.45. The van der Waals surface area contributed by atoms with Gasteiger partial charge in [-0.3, -0.25) is 9.59 Å². The molecule has 50 heavy (non-hydrogen) atoms. The number of nitrogens with one attached hydrogen (secondary N) is 3. The summed E-state index contributed by atoms with van der Waals surface area (Å²) in [7, 11) is 1.30. The molecule has 4 atom stereocenters. The Bertz CT molecular complexity index is 1650. The fourth-order valence-corrected chi connectivity index (χ4v) is 6.29.